The highest BCUT2D eigenvalue weighted by atomic mass is 19.1. The third kappa shape index (κ3) is 3.24. The molecule has 1 aliphatic heterocycles. The van der Waals surface area contributed by atoms with E-state index < -0.39 is 42.3 Å². The molecular weight excluding hydrogens is 345 g/mol. The van der Waals surface area contributed by atoms with Crippen LogP contribution in [-0.2, 0) is 4.74 Å². The third-order valence-electron chi connectivity index (χ3n) is 4.26. The van der Waals surface area contributed by atoms with Crippen LogP contribution < -0.4 is 11.0 Å². The number of aromatic nitrogens is 2. The average molecular weight is 363 g/mol. The second kappa shape index (κ2) is 6.94. The molecule has 1 aromatic heterocycles. The number of nitrogens with one attached hydrogen (secondary N) is 1. The Morgan fingerprint density at radius 2 is 2.08 bits per heavy atom. The van der Waals surface area contributed by atoms with Crippen LogP contribution in [0.15, 0.2) is 47.4 Å². The number of rotatable bonds is 4. The van der Waals surface area contributed by atoms with Gasteiger partial charge in [-0.2, -0.15) is 4.98 Å². The number of alkyl halides is 1. The first-order valence-electron chi connectivity index (χ1n) is 7.93. The number of carbonyl (C=O) groups excluding carboxylic acids is 1. The first-order chi connectivity index (χ1) is 12.3. The molecule has 3 N–H and O–H groups in total. The summed E-state index contributed by atoms with van der Waals surface area (Å²) in [4.78, 5) is 28.0. The zero-order valence-electron chi connectivity index (χ0n) is 13.9. The zero-order valence-corrected chi connectivity index (χ0v) is 13.9. The Hall–Kier alpha value is -2.62. The highest BCUT2D eigenvalue weighted by Crippen LogP contribution is 2.40. The topological polar surface area (TPSA) is 114 Å². The number of amides is 1. The average Bonchev–Trinajstić information content (AvgIpc) is 2.85. The summed E-state index contributed by atoms with van der Waals surface area (Å²) in [7, 11) is 0. The van der Waals surface area contributed by atoms with Crippen molar-refractivity contribution in [2.24, 2.45) is 0 Å². The molecule has 0 unspecified atom stereocenters. The number of hydrogen-bond acceptors (Lipinski definition) is 6. The van der Waals surface area contributed by atoms with Gasteiger partial charge in [0.15, 0.2) is 11.9 Å². The Balaban J connectivity index is 1.82. The molecule has 0 aliphatic carbocycles. The lowest BCUT2D eigenvalue weighted by molar-refractivity contribution is -0.0610. The lowest BCUT2D eigenvalue weighted by Gasteiger charge is -2.24. The van der Waals surface area contributed by atoms with Gasteiger partial charge in [0.1, 0.15) is 18.0 Å². The molecule has 1 fully saturated rings. The first-order valence-corrected chi connectivity index (χ1v) is 7.93. The Kier molecular flexibility index (Phi) is 4.86. The largest absolute Gasteiger partial charge is 0.394 e. The van der Waals surface area contributed by atoms with Crippen LogP contribution in [0, 0.1) is 0 Å². The van der Waals surface area contributed by atoms with Crippen LogP contribution >= 0.6 is 0 Å². The van der Waals surface area contributed by atoms with E-state index >= 15 is 0 Å². The van der Waals surface area contributed by atoms with Crippen molar-refractivity contribution in [2.75, 3.05) is 11.9 Å². The van der Waals surface area contributed by atoms with E-state index in [0.29, 0.717) is 5.56 Å². The predicted molar refractivity (Wildman–Crippen MR) is 89.4 cm³/mol. The molecule has 1 saturated heterocycles. The van der Waals surface area contributed by atoms with Crippen molar-refractivity contribution in [1.82, 2.24) is 9.55 Å². The maximum atomic E-state index is 14.8. The highest BCUT2D eigenvalue weighted by Gasteiger charge is 2.55. The van der Waals surface area contributed by atoms with E-state index in [-0.39, 0.29) is 5.82 Å². The molecule has 1 aliphatic rings. The van der Waals surface area contributed by atoms with Crippen molar-refractivity contribution in [3.8, 4) is 0 Å². The fourth-order valence-electron chi connectivity index (χ4n) is 2.80. The van der Waals surface area contributed by atoms with Gasteiger partial charge >= 0.3 is 5.69 Å². The molecule has 1 amide bonds. The SMILES string of the molecule is C[C@@]1(F)[C@H](O)[C@H](CO)O[C@H]1n1ccc(NC(=O)c2ccccc2)nc1=O. The van der Waals surface area contributed by atoms with E-state index in [1.807, 2.05) is 0 Å². The number of aliphatic hydroxyl groups excluding tert-OH is 2. The van der Waals surface area contributed by atoms with E-state index in [1.54, 1.807) is 30.3 Å². The van der Waals surface area contributed by atoms with Gasteiger partial charge in [0.2, 0.25) is 0 Å². The summed E-state index contributed by atoms with van der Waals surface area (Å²) in [5, 5.41) is 21.5. The molecule has 26 heavy (non-hydrogen) atoms. The van der Waals surface area contributed by atoms with E-state index in [0.717, 1.165) is 11.5 Å². The molecule has 0 bridgehead atoms. The quantitative estimate of drug-likeness (QED) is 0.728. The molecule has 9 heteroatoms. The van der Waals surface area contributed by atoms with Crippen molar-refractivity contribution in [3.05, 3.63) is 58.6 Å². The minimum absolute atomic E-state index is 0.00193. The minimum Gasteiger partial charge on any atom is -0.394 e. The summed E-state index contributed by atoms with van der Waals surface area (Å²) in [5.41, 5.74) is -2.77. The van der Waals surface area contributed by atoms with Crippen LogP contribution in [-0.4, -0.2) is 50.2 Å². The zero-order chi connectivity index (χ0) is 18.9. The van der Waals surface area contributed by atoms with E-state index in [1.165, 1.54) is 12.3 Å². The lowest BCUT2D eigenvalue weighted by atomic mass is 9.98. The molecule has 8 nitrogen and oxygen atoms in total. The second-order valence-corrected chi connectivity index (χ2v) is 6.13. The Morgan fingerprint density at radius 1 is 1.38 bits per heavy atom. The monoisotopic (exact) mass is 363 g/mol. The van der Waals surface area contributed by atoms with Crippen LogP contribution in [0.1, 0.15) is 23.5 Å². The van der Waals surface area contributed by atoms with Crippen molar-refractivity contribution in [3.63, 3.8) is 0 Å². The number of hydrogen-bond donors (Lipinski definition) is 3. The molecule has 2 aromatic rings. The molecule has 2 heterocycles. The summed E-state index contributed by atoms with van der Waals surface area (Å²) in [6.07, 6.45) is -2.99. The maximum absolute atomic E-state index is 14.8. The third-order valence-corrected chi connectivity index (χ3v) is 4.26. The molecule has 1 aromatic carbocycles. The number of aliphatic hydroxyl groups is 2. The van der Waals surface area contributed by atoms with Crippen LogP contribution in [0.25, 0.3) is 0 Å². The number of halogens is 1. The Morgan fingerprint density at radius 3 is 2.65 bits per heavy atom. The van der Waals surface area contributed by atoms with Gasteiger partial charge < -0.3 is 20.3 Å². The molecular formula is C17H18FN3O5. The van der Waals surface area contributed by atoms with Gasteiger partial charge in [-0.3, -0.25) is 9.36 Å². The maximum Gasteiger partial charge on any atom is 0.351 e. The van der Waals surface area contributed by atoms with Gasteiger partial charge in [-0.25, -0.2) is 9.18 Å². The lowest BCUT2D eigenvalue weighted by Crippen LogP contribution is -2.42. The summed E-state index contributed by atoms with van der Waals surface area (Å²) in [5.74, 6) is -0.448. The Bertz CT molecular complexity index is 855. The number of nitrogens with zero attached hydrogens (tertiary/aromatic N) is 2. The minimum atomic E-state index is -2.30. The number of benzene rings is 1. The number of ether oxygens (including phenoxy) is 1. The van der Waals surface area contributed by atoms with Gasteiger partial charge in [-0.15, -0.1) is 0 Å². The van der Waals surface area contributed by atoms with Crippen LogP contribution in [0.2, 0.25) is 0 Å². The molecule has 0 spiro atoms. The summed E-state index contributed by atoms with van der Waals surface area (Å²) in [6, 6.07) is 9.69. The first kappa shape index (κ1) is 18.2. The summed E-state index contributed by atoms with van der Waals surface area (Å²) in [6.45, 7) is 0.486. The molecule has 3 rings (SSSR count). The van der Waals surface area contributed by atoms with Gasteiger partial charge in [-0.1, -0.05) is 18.2 Å². The fraction of sp³-hybridized carbons (Fsp3) is 0.353. The summed E-state index contributed by atoms with van der Waals surface area (Å²) < 4.78 is 20.9. The smallest absolute Gasteiger partial charge is 0.351 e. The van der Waals surface area contributed by atoms with Crippen LogP contribution in [0.4, 0.5) is 10.2 Å². The number of anilines is 1. The fourth-order valence-corrected chi connectivity index (χ4v) is 2.80. The van der Waals surface area contributed by atoms with Gasteiger partial charge in [0, 0.05) is 11.8 Å². The Labute approximate surface area is 147 Å². The van der Waals surface area contributed by atoms with E-state index in [9.17, 15) is 19.1 Å². The van der Waals surface area contributed by atoms with Gasteiger partial charge in [0.25, 0.3) is 5.91 Å². The molecule has 0 saturated carbocycles. The number of carbonyl (C=O) groups is 1. The van der Waals surface area contributed by atoms with Crippen molar-refractivity contribution < 1.29 is 24.1 Å². The van der Waals surface area contributed by atoms with Crippen molar-refractivity contribution >= 4 is 11.7 Å². The van der Waals surface area contributed by atoms with E-state index in [2.05, 4.69) is 10.3 Å². The molecule has 138 valence electrons. The summed E-state index contributed by atoms with van der Waals surface area (Å²) >= 11 is 0. The standard InChI is InChI=1S/C17H18FN3O5/c1-17(18)13(23)11(9-22)26-15(17)21-8-7-12(20-16(21)25)19-14(24)10-5-3-2-4-6-10/h2-8,11,13,15,22-23H,9H2,1H3,(H,19,20,24,25)/t11-,13+,15+,17+/m0/s1. The molecule has 0 radical (unpaired) electrons. The second-order valence-electron chi connectivity index (χ2n) is 6.13. The molecule has 4 atom stereocenters. The van der Waals surface area contributed by atoms with Gasteiger partial charge in [0.05, 0.1) is 6.61 Å². The van der Waals surface area contributed by atoms with Crippen molar-refractivity contribution in [1.29, 1.82) is 0 Å². The highest BCUT2D eigenvalue weighted by molar-refractivity contribution is 6.03. The van der Waals surface area contributed by atoms with Crippen molar-refractivity contribution in [2.45, 2.75) is 31.0 Å². The van der Waals surface area contributed by atoms with Crippen LogP contribution in [0.5, 0.6) is 0 Å². The normalized spacial score (nSPS) is 28.1. The van der Waals surface area contributed by atoms with E-state index in [4.69, 9.17) is 9.84 Å². The predicted octanol–water partition coefficient (Wildman–Crippen LogP) is 0.474. The van der Waals surface area contributed by atoms with Gasteiger partial charge in [-0.05, 0) is 25.1 Å². The van der Waals surface area contributed by atoms with Crippen LogP contribution in [0.3, 0.4) is 0 Å².